The maximum absolute atomic E-state index is 13.2. The zero-order valence-electron chi connectivity index (χ0n) is 19.3. The summed E-state index contributed by atoms with van der Waals surface area (Å²) >= 11 is 1.31. The molecule has 0 aliphatic heterocycles. The number of pyridine rings is 1. The number of rotatable bonds is 11. The largest absolute Gasteiger partial charge is 0.480 e. The predicted octanol–water partition coefficient (Wildman–Crippen LogP) is 3.54. The van der Waals surface area contributed by atoms with Crippen LogP contribution in [-0.4, -0.2) is 48.5 Å². The first-order valence-electron chi connectivity index (χ1n) is 10.9. The number of nitrogens with one attached hydrogen (secondary N) is 1. The van der Waals surface area contributed by atoms with Crippen molar-refractivity contribution in [3.63, 3.8) is 0 Å². The molecule has 3 rings (SSSR count). The second-order valence-electron chi connectivity index (χ2n) is 8.42. The summed E-state index contributed by atoms with van der Waals surface area (Å²) < 4.78 is 13.1. The Kier molecular flexibility index (Phi) is 8.93. The Morgan fingerprint density at radius 2 is 1.80 bits per heavy atom. The van der Waals surface area contributed by atoms with Crippen LogP contribution in [0.2, 0.25) is 0 Å². The highest BCUT2D eigenvalue weighted by Crippen LogP contribution is 2.45. The summed E-state index contributed by atoms with van der Waals surface area (Å²) in [6.45, 7) is 3.19. The van der Waals surface area contributed by atoms with E-state index in [4.69, 9.17) is 0 Å². The molecule has 9 nitrogen and oxygen atoms in total. The fourth-order valence-corrected chi connectivity index (χ4v) is 5.59. The van der Waals surface area contributed by atoms with Gasteiger partial charge >= 0.3 is 13.7 Å². The second-order valence-corrected chi connectivity index (χ2v) is 11.0. The molecule has 4 N–H and O–H groups in total. The molecular formula is C24H28N3O6PS. The zero-order valence-corrected chi connectivity index (χ0v) is 21.0. The maximum atomic E-state index is 13.2. The van der Waals surface area contributed by atoms with E-state index in [9.17, 15) is 29.0 Å². The van der Waals surface area contributed by atoms with E-state index in [1.165, 1.54) is 11.3 Å². The van der Waals surface area contributed by atoms with Crippen molar-refractivity contribution in [1.82, 2.24) is 15.0 Å². The Bertz CT molecular complexity index is 1170. The van der Waals surface area contributed by atoms with E-state index < -0.39 is 37.6 Å². The lowest BCUT2D eigenvalue weighted by molar-refractivity contribution is -0.142. The molecule has 2 atom stereocenters. The van der Waals surface area contributed by atoms with Crippen LogP contribution < -0.4 is 5.32 Å². The first kappa shape index (κ1) is 26.7. The summed E-state index contributed by atoms with van der Waals surface area (Å²) in [6.07, 6.45) is 3.42. The van der Waals surface area contributed by atoms with Gasteiger partial charge in [-0.05, 0) is 40.1 Å². The van der Waals surface area contributed by atoms with Gasteiger partial charge in [0.2, 0.25) is 5.91 Å². The summed E-state index contributed by atoms with van der Waals surface area (Å²) in [6, 6.07) is 12.0. The summed E-state index contributed by atoms with van der Waals surface area (Å²) in [5, 5.41) is 14.0. The number of carboxylic acid groups (broad SMARTS) is 1. The van der Waals surface area contributed by atoms with Gasteiger partial charge < -0.3 is 20.2 Å². The van der Waals surface area contributed by atoms with Crippen LogP contribution in [0.1, 0.15) is 24.3 Å². The van der Waals surface area contributed by atoms with E-state index in [-0.39, 0.29) is 13.0 Å². The van der Waals surface area contributed by atoms with Gasteiger partial charge in [-0.3, -0.25) is 9.78 Å². The molecule has 2 aromatic heterocycles. The Morgan fingerprint density at radius 3 is 2.31 bits per heavy atom. The van der Waals surface area contributed by atoms with Crippen LogP contribution in [0.4, 0.5) is 0 Å². The SMILES string of the molecule is CC(C)C(C(=O)NC(Cc1ccc(-c2cccnc2)cc1)C(=O)O)N(Cc1cccs1)P(=O)(O)O. The van der Waals surface area contributed by atoms with Crippen molar-refractivity contribution in [2.24, 2.45) is 5.92 Å². The van der Waals surface area contributed by atoms with Crippen molar-refractivity contribution in [3.8, 4) is 11.1 Å². The van der Waals surface area contributed by atoms with Gasteiger partial charge in [0, 0.05) is 30.2 Å². The van der Waals surface area contributed by atoms with Crippen LogP contribution in [0.5, 0.6) is 0 Å². The lowest BCUT2D eigenvalue weighted by atomic mass is 10.00. The van der Waals surface area contributed by atoms with Crippen molar-refractivity contribution >= 4 is 31.0 Å². The normalized spacial score (nSPS) is 13.5. The fraction of sp³-hybridized carbons (Fsp3) is 0.292. The van der Waals surface area contributed by atoms with E-state index in [2.05, 4.69) is 10.3 Å². The number of aromatic nitrogens is 1. The Morgan fingerprint density at radius 1 is 1.09 bits per heavy atom. The van der Waals surface area contributed by atoms with Crippen molar-refractivity contribution in [2.75, 3.05) is 0 Å². The van der Waals surface area contributed by atoms with Crippen LogP contribution in [0.3, 0.4) is 0 Å². The molecule has 11 heteroatoms. The lowest BCUT2D eigenvalue weighted by Crippen LogP contribution is -2.53. The first-order chi connectivity index (χ1) is 16.6. The van der Waals surface area contributed by atoms with Gasteiger partial charge in [-0.15, -0.1) is 11.3 Å². The minimum atomic E-state index is -4.82. The minimum Gasteiger partial charge on any atom is -0.480 e. The highest BCUT2D eigenvalue weighted by Gasteiger charge is 2.40. The third kappa shape index (κ3) is 7.30. The molecule has 0 saturated heterocycles. The van der Waals surface area contributed by atoms with Crippen LogP contribution in [-0.2, 0) is 27.1 Å². The number of hydrogen-bond acceptors (Lipinski definition) is 5. The van der Waals surface area contributed by atoms with Crippen molar-refractivity contribution in [1.29, 1.82) is 0 Å². The van der Waals surface area contributed by atoms with Crippen LogP contribution in [0.25, 0.3) is 11.1 Å². The number of carboxylic acids is 1. The molecule has 0 saturated carbocycles. The van der Waals surface area contributed by atoms with E-state index in [0.29, 0.717) is 10.4 Å². The van der Waals surface area contributed by atoms with E-state index in [0.717, 1.165) is 15.8 Å². The Labute approximate surface area is 207 Å². The Hall–Kier alpha value is -2.88. The van der Waals surface area contributed by atoms with Gasteiger partial charge in [0.1, 0.15) is 12.1 Å². The number of carbonyl (C=O) groups excluding carboxylic acids is 1. The van der Waals surface area contributed by atoms with Crippen molar-refractivity contribution < 1.29 is 29.0 Å². The van der Waals surface area contributed by atoms with Gasteiger partial charge in [0.25, 0.3) is 0 Å². The molecule has 2 unspecified atom stereocenters. The minimum absolute atomic E-state index is 0.0139. The molecule has 0 radical (unpaired) electrons. The molecule has 186 valence electrons. The van der Waals surface area contributed by atoms with Gasteiger partial charge in [-0.2, -0.15) is 4.67 Å². The molecule has 3 aromatic rings. The highest BCUT2D eigenvalue weighted by atomic mass is 32.1. The number of thiophene rings is 1. The maximum Gasteiger partial charge on any atom is 0.404 e. The number of hydrogen-bond donors (Lipinski definition) is 4. The first-order valence-corrected chi connectivity index (χ1v) is 13.4. The fourth-order valence-electron chi connectivity index (χ4n) is 3.76. The van der Waals surface area contributed by atoms with Gasteiger partial charge in [0.05, 0.1) is 0 Å². The van der Waals surface area contributed by atoms with E-state index >= 15 is 0 Å². The van der Waals surface area contributed by atoms with E-state index in [1.54, 1.807) is 55.9 Å². The summed E-state index contributed by atoms with van der Waals surface area (Å²) in [5.74, 6) is -2.48. The quantitative estimate of drug-likeness (QED) is 0.283. The number of aliphatic carboxylic acids is 1. The third-order valence-corrected chi connectivity index (χ3v) is 7.38. The molecule has 0 aliphatic rings. The number of nitrogens with zero attached hydrogens (tertiary/aromatic N) is 2. The number of carbonyl (C=O) groups is 2. The summed E-state index contributed by atoms with van der Waals surface area (Å²) in [4.78, 5) is 49.9. The zero-order chi connectivity index (χ0) is 25.6. The van der Waals surface area contributed by atoms with Crippen molar-refractivity contribution in [3.05, 3.63) is 76.7 Å². The smallest absolute Gasteiger partial charge is 0.404 e. The average molecular weight is 518 g/mol. The monoisotopic (exact) mass is 517 g/mol. The van der Waals surface area contributed by atoms with Gasteiger partial charge in [0.15, 0.2) is 0 Å². The molecule has 0 spiro atoms. The molecule has 35 heavy (non-hydrogen) atoms. The molecule has 1 aromatic carbocycles. The summed E-state index contributed by atoms with van der Waals surface area (Å²) in [5.41, 5.74) is 2.53. The molecular weight excluding hydrogens is 489 g/mol. The topological polar surface area (TPSA) is 140 Å². The van der Waals surface area contributed by atoms with Crippen LogP contribution in [0.15, 0.2) is 66.3 Å². The second kappa shape index (κ2) is 11.7. The molecule has 1 amide bonds. The summed E-state index contributed by atoms with van der Waals surface area (Å²) in [7, 11) is -4.82. The van der Waals surface area contributed by atoms with Crippen LogP contribution in [0, 0.1) is 5.92 Å². The van der Waals surface area contributed by atoms with Gasteiger partial charge in [-0.1, -0.05) is 50.2 Å². The predicted molar refractivity (Wildman–Crippen MR) is 133 cm³/mol. The molecule has 0 aliphatic carbocycles. The third-order valence-electron chi connectivity index (χ3n) is 5.46. The molecule has 2 heterocycles. The number of benzene rings is 1. The van der Waals surface area contributed by atoms with Gasteiger partial charge in [-0.25, -0.2) is 9.36 Å². The van der Waals surface area contributed by atoms with Crippen LogP contribution >= 0.6 is 19.1 Å². The van der Waals surface area contributed by atoms with Crippen molar-refractivity contribution in [2.45, 2.75) is 38.9 Å². The van der Waals surface area contributed by atoms with E-state index in [1.807, 2.05) is 24.3 Å². The average Bonchev–Trinajstić information content (AvgIpc) is 3.32. The molecule has 0 fully saturated rings. The standard InChI is InChI=1S/C24H28N3O6PS/c1-16(2)22(27(34(31,32)33)15-20-6-4-12-35-20)23(28)26-21(24(29)30)13-17-7-9-18(10-8-17)19-5-3-11-25-14-19/h3-12,14,16,21-22H,13,15H2,1-2H3,(H,26,28)(H,29,30)(H2,31,32,33). The molecule has 0 bridgehead atoms. The highest BCUT2D eigenvalue weighted by molar-refractivity contribution is 7.49. The number of amides is 1. The lowest BCUT2D eigenvalue weighted by Gasteiger charge is -2.33. The Balaban J connectivity index is 1.77.